The van der Waals surface area contributed by atoms with Gasteiger partial charge in [0.25, 0.3) is 5.91 Å². The first kappa shape index (κ1) is 15.4. The molecule has 1 heterocycles. The molecule has 5 heteroatoms. The number of pyridine rings is 1. The van der Waals surface area contributed by atoms with Crippen LogP contribution < -0.4 is 10.6 Å². The molecular weight excluding hydrogens is 278 g/mol. The van der Waals surface area contributed by atoms with E-state index in [0.29, 0.717) is 6.54 Å². The van der Waals surface area contributed by atoms with Gasteiger partial charge in [-0.2, -0.15) is 0 Å². The second-order valence-corrected chi connectivity index (χ2v) is 4.69. The Labute approximate surface area is 129 Å². The van der Waals surface area contributed by atoms with E-state index in [4.69, 9.17) is 0 Å². The van der Waals surface area contributed by atoms with Crippen LogP contribution in [0, 0.1) is 0 Å². The third-order valence-electron chi connectivity index (χ3n) is 2.87. The molecule has 0 unspecified atom stereocenters. The van der Waals surface area contributed by atoms with E-state index in [2.05, 4.69) is 15.6 Å². The lowest BCUT2D eigenvalue weighted by molar-refractivity contribution is -0.122. The lowest BCUT2D eigenvalue weighted by atomic mass is 10.2. The molecule has 112 valence electrons. The van der Waals surface area contributed by atoms with Gasteiger partial charge in [0.05, 0.1) is 0 Å². The Morgan fingerprint density at radius 3 is 2.41 bits per heavy atom. The molecule has 0 aliphatic carbocycles. The van der Waals surface area contributed by atoms with Crippen LogP contribution in [-0.2, 0) is 16.1 Å². The normalized spacial score (nSPS) is 10.9. The Hall–Kier alpha value is -2.95. The number of aromatic nitrogens is 1. The molecule has 1 aromatic heterocycles. The Kier molecular flexibility index (Phi) is 5.43. The summed E-state index contributed by atoms with van der Waals surface area (Å²) in [6, 6.07) is 13.0. The molecule has 0 aliphatic heterocycles. The molecule has 0 spiro atoms. The van der Waals surface area contributed by atoms with Gasteiger partial charge in [-0.1, -0.05) is 30.3 Å². The highest BCUT2D eigenvalue weighted by molar-refractivity contribution is 6.00. The van der Waals surface area contributed by atoms with E-state index in [9.17, 15) is 9.59 Å². The Morgan fingerprint density at radius 1 is 1.09 bits per heavy atom. The monoisotopic (exact) mass is 295 g/mol. The summed E-state index contributed by atoms with van der Waals surface area (Å²) in [5.74, 6) is -0.628. The van der Waals surface area contributed by atoms with Crippen LogP contribution in [0.5, 0.6) is 0 Å². The van der Waals surface area contributed by atoms with Crippen molar-refractivity contribution in [2.75, 3.05) is 0 Å². The van der Waals surface area contributed by atoms with Crippen molar-refractivity contribution in [1.82, 2.24) is 15.6 Å². The van der Waals surface area contributed by atoms with Gasteiger partial charge >= 0.3 is 0 Å². The topological polar surface area (TPSA) is 71.1 Å². The van der Waals surface area contributed by atoms with Crippen LogP contribution in [0.1, 0.15) is 18.1 Å². The van der Waals surface area contributed by atoms with Crippen molar-refractivity contribution in [3.63, 3.8) is 0 Å². The fourth-order valence-electron chi connectivity index (χ4n) is 1.84. The second-order valence-electron chi connectivity index (χ2n) is 4.69. The fraction of sp³-hybridized carbons (Fsp3) is 0.118. The zero-order valence-corrected chi connectivity index (χ0v) is 12.2. The number of rotatable bonds is 5. The van der Waals surface area contributed by atoms with Crippen LogP contribution in [0.3, 0.4) is 0 Å². The van der Waals surface area contributed by atoms with Crippen LogP contribution in [0.4, 0.5) is 0 Å². The average Bonchev–Trinajstić information content (AvgIpc) is 2.53. The van der Waals surface area contributed by atoms with E-state index in [1.807, 2.05) is 42.5 Å². The summed E-state index contributed by atoms with van der Waals surface area (Å²) < 4.78 is 0. The van der Waals surface area contributed by atoms with E-state index in [1.54, 1.807) is 18.5 Å². The molecule has 22 heavy (non-hydrogen) atoms. The molecule has 2 amide bonds. The van der Waals surface area contributed by atoms with Gasteiger partial charge in [-0.15, -0.1) is 0 Å². The predicted molar refractivity (Wildman–Crippen MR) is 84.3 cm³/mol. The Morgan fingerprint density at radius 2 is 1.77 bits per heavy atom. The van der Waals surface area contributed by atoms with Crippen molar-refractivity contribution in [1.29, 1.82) is 0 Å². The maximum Gasteiger partial charge on any atom is 0.268 e. The largest absolute Gasteiger partial charge is 0.347 e. The van der Waals surface area contributed by atoms with Gasteiger partial charge in [-0.3, -0.25) is 14.6 Å². The van der Waals surface area contributed by atoms with Crippen LogP contribution >= 0.6 is 0 Å². The lowest BCUT2D eigenvalue weighted by Crippen LogP contribution is -2.33. The Balaban J connectivity index is 2.09. The third kappa shape index (κ3) is 4.86. The maximum atomic E-state index is 12.2. The number of hydrogen-bond acceptors (Lipinski definition) is 3. The van der Waals surface area contributed by atoms with Crippen molar-refractivity contribution in [3.05, 3.63) is 71.7 Å². The summed E-state index contributed by atoms with van der Waals surface area (Å²) in [6.07, 6.45) is 4.97. The van der Waals surface area contributed by atoms with Crippen LogP contribution in [0.25, 0.3) is 6.08 Å². The highest BCUT2D eigenvalue weighted by Crippen LogP contribution is 2.05. The summed E-state index contributed by atoms with van der Waals surface area (Å²) in [4.78, 5) is 27.5. The van der Waals surface area contributed by atoms with E-state index < -0.39 is 0 Å². The van der Waals surface area contributed by atoms with E-state index in [0.717, 1.165) is 11.1 Å². The first-order valence-electron chi connectivity index (χ1n) is 6.86. The van der Waals surface area contributed by atoms with Gasteiger partial charge in [-0.25, -0.2) is 0 Å². The highest BCUT2D eigenvalue weighted by Gasteiger charge is 2.10. The third-order valence-corrected chi connectivity index (χ3v) is 2.87. The van der Waals surface area contributed by atoms with Gasteiger partial charge in [-0.05, 0) is 29.3 Å². The second kappa shape index (κ2) is 7.73. The number of carbonyl (C=O) groups excluding carboxylic acids is 2. The molecule has 0 saturated heterocycles. The van der Waals surface area contributed by atoms with Crippen molar-refractivity contribution in [2.45, 2.75) is 13.5 Å². The number of carbonyl (C=O) groups is 2. The maximum absolute atomic E-state index is 12.2. The van der Waals surface area contributed by atoms with Gasteiger partial charge in [0, 0.05) is 25.9 Å². The standard InChI is InChI=1S/C17H17N3O2/c1-13(21)20-16(11-14-5-3-2-4-6-14)17(22)19-12-15-7-9-18-10-8-15/h2-11H,12H2,1H3,(H,19,22)(H,20,21)/b16-11+. The highest BCUT2D eigenvalue weighted by atomic mass is 16.2. The minimum absolute atomic E-state index is 0.216. The summed E-state index contributed by atoms with van der Waals surface area (Å²) in [6.45, 7) is 1.74. The Bertz CT molecular complexity index is 667. The van der Waals surface area contributed by atoms with Gasteiger partial charge in [0.2, 0.25) is 5.91 Å². The number of nitrogens with one attached hydrogen (secondary N) is 2. The van der Waals surface area contributed by atoms with Crippen molar-refractivity contribution >= 4 is 17.9 Å². The van der Waals surface area contributed by atoms with Crippen molar-refractivity contribution in [2.24, 2.45) is 0 Å². The minimum atomic E-state index is -0.337. The summed E-state index contributed by atoms with van der Waals surface area (Å²) in [5.41, 5.74) is 1.99. The molecule has 0 saturated carbocycles. The van der Waals surface area contributed by atoms with Crippen molar-refractivity contribution < 1.29 is 9.59 Å². The first-order valence-corrected chi connectivity index (χ1v) is 6.86. The minimum Gasteiger partial charge on any atom is -0.347 e. The van der Waals surface area contributed by atoms with E-state index in [-0.39, 0.29) is 17.5 Å². The summed E-state index contributed by atoms with van der Waals surface area (Å²) >= 11 is 0. The molecule has 5 nitrogen and oxygen atoms in total. The molecule has 2 rings (SSSR count). The van der Waals surface area contributed by atoms with Crippen LogP contribution in [-0.4, -0.2) is 16.8 Å². The number of hydrogen-bond donors (Lipinski definition) is 2. The predicted octanol–water partition coefficient (Wildman–Crippen LogP) is 1.88. The molecule has 1 aromatic carbocycles. The number of amides is 2. The van der Waals surface area contributed by atoms with Crippen molar-refractivity contribution in [3.8, 4) is 0 Å². The quantitative estimate of drug-likeness (QED) is 0.827. The zero-order chi connectivity index (χ0) is 15.8. The molecule has 0 bridgehead atoms. The molecular formula is C17H17N3O2. The van der Waals surface area contributed by atoms with Crippen LogP contribution in [0.15, 0.2) is 60.6 Å². The number of nitrogens with zero attached hydrogens (tertiary/aromatic N) is 1. The lowest BCUT2D eigenvalue weighted by Gasteiger charge is -2.09. The zero-order valence-electron chi connectivity index (χ0n) is 12.2. The molecule has 0 atom stereocenters. The summed E-state index contributed by atoms with van der Waals surface area (Å²) in [7, 11) is 0. The molecule has 2 aromatic rings. The average molecular weight is 295 g/mol. The summed E-state index contributed by atoms with van der Waals surface area (Å²) in [5, 5.41) is 5.34. The smallest absolute Gasteiger partial charge is 0.268 e. The van der Waals surface area contributed by atoms with Gasteiger partial charge in [0.1, 0.15) is 5.70 Å². The number of benzene rings is 1. The fourth-order valence-corrected chi connectivity index (χ4v) is 1.84. The molecule has 2 N–H and O–H groups in total. The SMILES string of the molecule is CC(=O)N/C(=C/c1ccccc1)C(=O)NCc1ccncc1. The molecule has 0 aliphatic rings. The molecule has 0 radical (unpaired) electrons. The van der Waals surface area contributed by atoms with E-state index >= 15 is 0 Å². The van der Waals surface area contributed by atoms with Crippen LogP contribution in [0.2, 0.25) is 0 Å². The first-order chi connectivity index (χ1) is 10.6. The van der Waals surface area contributed by atoms with E-state index in [1.165, 1.54) is 6.92 Å². The molecule has 0 fully saturated rings. The van der Waals surface area contributed by atoms with Gasteiger partial charge in [0.15, 0.2) is 0 Å². The van der Waals surface area contributed by atoms with Gasteiger partial charge < -0.3 is 10.6 Å².